The van der Waals surface area contributed by atoms with E-state index in [1.807, 2.05) is 0 Å². The smallest absolute Gasteiger partial charge is 0.0485 e. The van der Waals surface area contributed by atoms with E-state index in [1.165, 1.54) is 25.7 Å². The van der Waals surface area contributed by atoms with Crippen LogP contribution in [0.5, 0.6) is 0 Å². The van der Waals surface area contributed by atoms with Gasteiger partial charge in [0.15, 0.2) is 0 Å². The molecule has 84 valence electrons. The van der Waals surface area contributed by atoms with E-state index in [0.29, 0.717) is 0 Å². The molecule has 2 aliphatic carbocycles. The molecule has 0 spiro atoms. The first-order chi connectivity index (χ1) is 7.93. The molecule has 1 saturated carbocycles. The van der Waals surface area contributed by atoms with E-state index >= 15 is 0 Å². The van der Waals surface area contributed by atoms with E-state index < -0.39 is 0 Å². The van der Waals surface area contributed by atoms with Gasteiger partial charge in [-0.05, 0) is 48.3 Å². The van der Waals surface area contributed by atoms with Gasteiger partial charge in [-0.1, -0.05) is 6.08 Å². The van der Waals surface area contributed by atoms with Gasteiger partial charge in [0.25, 0.3) is 0 Å². The van der Waals surface area contributed by atoms with Crippen LogP contribution in [0.1, 0.15) is 42.0 Å². The Morgan fingerprint density at radius 2 is 2.25 bits per heavy atom. The van der Waals surface area contributed by atoms with Crippen LogP contribution in [0, 0.1) is 0 Å². The SMILES string of the molecule is C1=C2CNCCn3cc(C4CC4)c(c32)CC1. The maximum absolute atomic E-state index is 3.52. The van der Waals surface area contributed by atoms with Gasteiger partial charge in [0.1, 0.15) is 0 Å². The summed E-state index contributed by atoms with van der Waals surface area (Å²) < 4.78 is 2.51. The molecule has 2 heterocycles. The maximum atomic E-state index is 3.52. The van der Waals surface area contributed by atoms with Gasteiger partial charge in [-0.3, -0.25) is 0 Å². The lowest BCUT2D eigenvalue weighted by Crippen LogP contribution is -2.17. The van der Waals surface area contributed by atoms with E-state index in [4.69, 9.17) is 0 Å². The first-order valence-corrected chi connectivity index (χ1v) is 6.55. The number of nitrogens with zero attached hydrogens (tertiary/aromatic N) is 1. The van der Waals surface area contributed by atoms with Crippen molar-refractivity contribution in [3.63, 3.8) is 0 Å². The molecule has 2 nitrogen and oxygen atoms in total. The zero-order valence-electron chi connectivity index (χ0n) is 9.63. The molecule has 2 heteroatoms. The molecule has 4 rings (SSSR count). The van der Waals surface area contributed by atoms with Gasteiger partial charge in [-0.15, -0.1) is 0 Å². The van der Waals surface area contributed by atoms with Crippen molar-refractivity contribution < 1.29 is 0 Å². The van der Waals surface area contributed by atoms with Crippen molar-refractivity contribution in [2.75, 3.05) is 13.1 Å². The maximum Gasteiger partial charge on any atom is 0.0485 e. The van der Waals surface area contributed by atoms with Crippen molar-refractivity contribution >= 4 is 5.57 Å². The molecule has 0 amide bonds. The molecule has 1 aromatic rings. The first-order valence-electron chi connectivity index (χ1n) is 6.55. The fourth-order valence-electron chi connectivity index (χ4n) is 3.25. The highest BCUT2D eigenvalue weighted by atomic mass is 15.0. The normalized spacial score (nSPS) is 23.6. The van der Waals surface area contributed by atoms with Crippen LogP contribution in [0.4, 0.5) is 0 Å². The summed E-state index contributed by atoms with van der Waals surface area (Å²) in [6, 6.07) is 0. The third kappa shape index (κ3) is 1.23. The Morgan fingerprint density at radius 1 is 1.31 bits per heavy atom. The fourth-order valence-corrected chi connectivity index (χ4v) is 3.25. The molecule has 1 aromatic heterocycles. The van der Waals surface area contributed by atoms with Crippen LogP contribution in [0.15, 0.2) is 12.3 Å². The molecule has 0 atom stereocenters. The van der Waals surface area contributed by atoms with Crippen LogP contribution in [0.2, 0.25) is 0 Å². The van der Waals surface area contributed by atoms with E-state index in [-0.39, 0.29) is 0 Å². The third-order valence-electron chi connectivity index (χ3n) is 4.17. The molecular weight excluding hydrogens is 196 g/mol. The highest BCUT2D eigenvalue weighted by Crippen LogP contribution is 2.45. The van der Waals surface area contributed by atoms with Crippen molar-refractivity contribution in [1.82, 2.24) is 9.88 Å². The largest absolute Gasteiger partial charge is 0.346 e. The molecule has 0 aromatic carbocycles. The Bertz CT molecular complexity index is 463. The summed E-state index contributed by atoms with van der Waals surface area (Å²) >= 11 is 0. The minimum absolute atomic E-state index is 0.904. The van der Waals surface area contributed by atoms with Gasteiger partial charge in [0, 0.05) is 31.5 Å². The van der Waals surface area contributed by atoms with Gasteiger partial charge in [0.2, 0.25) is 0 Å². The molecule has 16 heavy (non-hydrogen) atoms. The number of aromatic nitrogens is 1. The summed E-state index contributed by atoms with van der Waals surface area (Å²) in [5.74, 6) is 0.904. The zero-order chi connectivity index (χ0) is 10.5. The van der Waals surface area contributed by atoms with Crippen molar-refractivity contribution in [3.05, 3.63) is 29.1 Å². The molecule has 1 fully saturated rings. The zero-order valence-corrected chi connectivity index (χ0v) is 9.63. The Hall–Kier alpha value is -1.02. The van der Waals surface area contributed by atoms with E-state index in [2.05, 4.69) is 22.2 Å². The van der Waals surface area contributed by atoms with Gasteiger partial charge in [-0.25, -0.2) is 0 Å². The lowest BCUT2D eigenvalue weighted by Gasteiger charge is -2.15. The fraction of sp³-hybridized carbons (Fsp3) is 0.571. The lowest BCUT2D eigenvalue weighted by atomic mass is 9.93. The summed E-state index contributed by atoms with van der Waals surface area (Å²) in [6.07, 6.45) is 10.3. The molecule has 1 N–H and O–H groups in total. The Kier molecular flexibility index (Phi) is 1.83. The molecule has 0 saturated heterocycles. The minimum Gasteiger partial charge on any atom is -0.346 e. The second-order valence-electron chi connectivity index (χ2n) is 5.32. The monoisotopic (exact) mass is 214 g/mol. The average Bonchev–Trinajstić information content (AvgIpc) is 3.09. The highest BCUT2D eigenvalue weighted by molar-refractivity contribution is 5.71. The second-order valence-corrected chi connectivity index (χ2v) is 5.32. The molecule has 0 radical (unpaired) electrons. The second kappa shape index (κ2) is 3.24. The summed E-state index contributed by atoms with van der Waals surface area (Å²) in [4.78, 5) is 0. The number of hydrogen-bond donors (Lipinski definition) is 1. The van der Waals surface area contributed by atoms with Crippen LogP contribution in [-0.2, 0) is 13.0 Å². The Balaban J connectivity index is 1.91. The van der Waals surface area contributed by atoms with E-state index in [0.717, 1.165) is 25.6 Å². The quantitative estimate of drug-likeness (QED) is 0.759. The van der Waals surface area contributed by atoms with Crippen LogP contribution < -0.4 is 5.32 Å². The van der Waals surface area contributed by atoms with Crippen LogP contribution in [-0.4, -0.2) is 17.7 Å². The lowest BCUT2D eigenvalue weighted by molar-refractivity contribution is 0.648. The first kappa shape index (κ1) is 9.06. The topological polar surface area (TPSA) is 17.0 Å². The molecule has 3 aliphatic rings. The van der Waals surface area contributed by atoms with Crippen molar-refractivity contribution in [3.8, 4) is 0 Å². The van der Waals surface area contributed by atoms with Gasteiger partial charge in [-0.2, -0.15) is 0 Å². The average molecular weight is 214 g/mol. The number of nitrogens with one attached hydrogen (secondary N) is 1. The summed E-state index contributed by atoms with van der Waals surface area (Å²) in [6.45, 7) is 3.33. The highest BCUT2D eigenvalue weighted by Gasteiger charge is 2.31. The molecule has 0 unspecified atom stereocenters. The van der Waals surface area contributed by atoms with E-state index in [1.54, 1.807) is 22.4 Å². The van der Waals surface area contributed by atoms with Crippen molar-refractivity contribution in [2.24, 2.45) is 0 Å². The van der Waals surface area contributed by atoms with Crippen LogP contribution >= 0.6 is 0 Å². The predicted molar refractivity (Wildman–Crippen MR) is 65.6 cm³/mol. The standard InChI is InChI=1S/C14H18N2/c1-2-11-8-15-6-7-16-9-13(10-4-5-10)12(3-1)14(11)16/h2,9-10,15H,1,3-8H2. The van der Waals surface area contributed by atoms with E-state index in [9.17, 15) is 0 Å². The summed E-state index contributed by atoms with van der Waals surface area (Å²) in [7, 11) is 0. The molecule has 0 bridgehead atoms. The summed E-state index contributed by atoms with van der Waals surface area (Å²) in [5.41, 5.74) is 6.48. The van der Waals surface area contributed by atoms with Crippen LogP contribution in [0.3, 0.4) is 0 Å². The predicted octanol–water partition coefficient (Wildman–Crippen LogP) is 2.30. The van der Waals surface area contributed by atoms with Crippen molar-refractivity contribution in [2.45, 2.75) is 38.1 Å². The van der Waals surface area contributed by atoms with Gasteiger partial charge < -0.3 is 9.88 Å². The number of hydrogen-bond acceptors (Lipinski definition) is 1. The molecular formula is C14H18N2. The number of rotatable bonds is 1. The van der Waals surface area contributed by atoms with Crippen molar-refractivity contribution in [1.29, 1.82) is 0 Å². The Morgan fingerprint density at radius 3 is 3.12 bits per heavy atom. The minimum atomic E-state index is 0.904. The Labute approximate surface area is 96.3 Å². The van der Waals surface area contributed by atoms with Crippen LogP contribution in [0.25, 0.3) is 5.57 Å². The molecule has 1 aliphatic heterocycles. The number of allylic oxidation sites excluding steroid dienone is 1. The third-order valence-corrected chi connectivity index (χ3v) is 4.17. The summed E-state index contributed by atoms with van der Waals surface area (Å²) in [5, 5.41) is 3.52. The van der Waals surface area contributed by atoms with Gasteiger partial charge >= 0.3 is 0 Å². The van der Waals surface area contributed by atoms with Gasteiger partial charge in [0.05, 0.1) is 0 Å².